The predicted molar refractivity (Wildman–Crippen MR) is 115 cm³/mol. The van der Waals surface area contributed by atoms with Crippen LogP contribution < -0.4 is 14.8 Å². The number of carbonyl (C=O) groups is 1. The van der Waals surface area contributed by atoms with Crippen molar-refractivity contribution in [2.24, 2.45) is 0 Å². The minimum Gasteiger partial charge on any atom is -0.454 e. The molecule has 0 bridgehead atoms. The Labute approximate surface area is 176 Å². The van der Waals surface area contributed by atoms with Crippen molar-refractivity contribution in [1.29, 1.82) is 0 Å². The lowest BCUT2D eigenvalue weighted by Crippen LogP contribution is -2.20. The van der Waals surface area contributed by atoms with Crippen LogP contribution in [0.25, 0.3) is 6.08 Å². The van der Waals surface area contributed by atoms with Crippen molar-refractivity contribution in [2.75, 3.05) is 6.79 Å². The number of aryl methyl sites for hydroxylation is 2. The fourth-order valence-electron chi connectivity index (χ4n) is 3.43. The maximum absolute atomic E-state index is 12.3. The molecule has 154 valence electrons. The zero-order valence-electron chi connectivity index (χ0n) is 17.4. The lowest BCUT2D eigenvalue weighted by Gasteiger charge is -2.05. The summed E-state index contributed by atoms with van der Waals surface area (Å²) in [7, 11) is 0. The van der Waals surface area contributed by atoms with E-state index in [1.54, 1.807) is 6.08 Å². The van der Waals surface area contributed by atoms with E-state index >= 15 is 0 Å². The highest BCUT2D eigenvalue weighted by Crippen LogP contribution is 2.32. The van der Waals surface area contributed by atoms with E-state index in [4.69, 9.17) is 9.47 Å². The van der Waals surface area contributed by atoms with E-state index in [1.807, 2.05) is 42.8 Å². The number of hydrogen-bond donors (Lipinski definition) is 1. The molecular weight excluding hydrogens is 378 g/mol. The van der Waals surface area contributed by atoms with Crippen molar-refractivity contribution in [3.63, 3.8) is 0 Å². The van der Waals surface area contributed by atoms with Crippen LogP contribution in [0, 0.1) is 20.8 Å². The lowest BCUT2D eigenvalue weighted by atomic mass is 10.1. The smallest absolute Gasteiger partial charge is 0.244 e. The molecule has 6 nitrogen and oxygen atoms in total. The molecule has 1 amide bonds. The average Bonchev–Trinajstić information content (AvgIpc) is 3.30. The second-order valence-corrected chi connectivity index (χ2v) is 7.47. The SMILES string of the molecule is Cc1ccc(Cn2nc(C)c(/C=C/C(=O)NCc3ccc4c(c3)OCO4)c2C)cc1. The fourth-order valence-corrected chi connectivity index (χ4v) is 3.43. The van der Waals surface area contributed by atoms with Crippen molar-refractivity contribution >= 4 is 12.0 Å². The molecule has 0 saturated heterocycles. The van der Waals surface area contributed by atoms with Gasteiger partial charge in [0.1, 0.15) is 0 Å². The number of nitrogens with zero attached hydrogens (tertiary/aromatic N) is 2. The molecule has 1 N–H and O–H groups in total. The number of rotatable bonds is 6. The number of nitrogens with one attached hydrogen (secondary N) is 1. The highest BCUT2D eigenvalue weighted by Gasteiger charge is 2.13. The first kappa shape index (κ1) is 19.8. The average molecular weight is 403 g/mol. The Balaban J connectivity index is 1.38. The van der Waals surface area contributed by atoms with E-state index in [0.29, 0.717) is 18.8 Å². The van der Waals surface area contributed by atoms with Gasteiger partial charge in [0, 0.05) is 23.9 Å². The Bertz CT molecular complexity index is 1100. The molecule has 6 heteroatoms. The van der Waals surface area contributed by atoms with Gasteiger partial charge < -0.3 is 14.8 Å². The van der Waals surface area contributed by atoms with Gasteiger partial charge in [0.25, 0.3) is 0 Å². The van der Waals surface area contributed by atoms with E-state index in [0.717, 1.165) is 28.3 Å². The van der Waals surface area contributed by atoms with Crippen molar-refractivity contribution in [3.8, 4) is 11.5 Å². The van der Waals surface area contributed by atoms with Gasteiger partial charge in [-0.1, -0.05) is 35.9 Å². The van der Waals surface area contributed by atoms with Crippen LogP contribution in [0.4, 0.5) is 0 Å². The first-order valence-corrected chi connectivity index (χ1v) is 9.93. The zero-order chi connectivity index (χ0) is 21.1. The topological polar surface area (TPSA) is 65.4 Å². The van der Waals surface area contributed by atoms with Crippen LogP contribution in [0.2, 0.25) is 0 Å². The quantitative estimate of drug-likeness (QED) is 0.634. The van der Waals surface area contributed by atoms with Crippen LogP contribution in [0.5, 0.6) is 11.5 Å². The van der Waals surface area contributed by atoms with E-state index in [9.17, 15) is 4.79 Å². The number of carbonyl (C=O) groups excluding carboxylic acids is 1. The third-order valence-corrected chi connectivity index (χ3v) is 5.20. The van der Waals surface area contributed by atoms with Crippen molar-refractivity contribution < 1.29 is 14.3 Å². The Morgan fingerprint density at radius 2 is 1.80 bits per heavy atom. The Kier molecular flexibility index (Phi) is 5.57. The van der Waals surface area contributed by atoms with E-state index in [-0.39, 0.29) is 12.7 Å². The van der Waals surface area contributed by atoms with Crippen LogP contribution in [0.15, 0.2) is 48.5 Å². The van der Waals surface area contributed by atoms with Crippen molar-refractivity contribution in [2.45, 2.75) is 33.9 Å². The Hall–Kier alpha value is -3.54. The predicted octanol–water partition coefficient (Wildman–Crippen LogP) is 3.91. The van der Waals surface area contributed by atoms with Gasteiger partial charge in [0.2, 0.25) is 12.7 Å². The molecule has 2 heterocycles. The second kappa shape index (κ2) is 8.45. The largest absolute Gasteiger partial charge is 0.454 e. The van der Waals surface area contributed by atoms with Crippen LogP contribution >= 0.6 is 0 Å². The van der Waals surface area contributed by atoms with Gasteiger partial charge in [0.15, 0.2) is 11.5 Å². The van der Waals surface area contributed by atoms with Gasteiger partial charge in [-0.15, -0.1) is 0 Å². The third kappa shape index (κ3) is 4.38. The summed E-state index contributed by atoms with van der Waals surface area (Å²) in [6.45, 7) is 7.43. The highest BCUT2D eigenvalue weighted by molar-refractivity contribution is 5.92. The number of ether oxygens (including phenoxy) is 2. The molecule has 0 fully saturated rings. The van der Waals surface area contributed by atoms with Crippen molar-refractivity contribution in [1.82, 2.24) is 15.1 Å². The number of aromatic nitrogens is 2. The molecule has 1 aliphatic rings. The summed E-state index contributed by atoms with van der Waals surface area (Å²) < 4.78 is 12.7. The molecule has 0 aliphatic carbocycles. The summed E-state index contributed by atoms with van der Waals surface area (Å²) in [5.41, 5.74) is 6.30. The molecule has 0 radical (unpaired) electrons. The summed E-state index contributed by atoms with van der Waals surface area (Å²) in [5, 5.41) is 7.54. The maximum atomic E-state index is 12.3. The summed E-state index contributed by atoms with van der Waals surface area (Å²) in [5.74, 6) is 1.29. The molecule has 0 atom stereocenters. The molecule has 2 aromatic carbocycles. The minimum absolute atomic E-state index is 0.155. The zero-order valence-corrected chi connectivity index (χ0v) is 17.4. The van der Waals surface area contributed by atoms with Gasteiger partial charge >= 0.3 is 0 Å². The van der Waals surface area contributed by atoms with E-state index in [2.05, 4.69) is 41.6 Å². The number of fused-ring (bicyclic) bond motifs is 1. The number of hydrogen-bond acceptors (Lipinski definition) is 4. The van der Waals surface area contributed by atoms with Gasteiger partial charge in [0.05, 0.1) is 12.2 Å². The number of amides is 1. The van der Waals surface area contributed by atoms with Gasteiger partial charge in [-0.3, -0.25) is 9.48 Å². The maximum Gasteiger partial charge on any atom is 0.244 e. The third-order valence-electron chi connectivity index (χ3n) is 5.20. The van der Waals surface area contributed by atoms with E-state index < -0.39 is 0 Å². The lowest BCUT2D eigenvalue weighted by molar-refractivity contribution is -0.116. The van der Waals surface area contributed by atoms with Crippen LogP contribution in [-0.2, 0) is 17.9 Å². The molecule has 1 aromatic heterocycles. The van der Waals surface area contributed by atoms with Crippen LogP contribution in [-0.4, -0.2) is 22.5 Å². The molecule has 0 spiro atoms. The second-order valence-electron chi connectivity index (χ2n) is 7.47. The summed E-state index contributed by atoms with van der Waals surface area (Å²) in [6, 6.07) is 14.1. The molecule has 4 rings (SSSR count). The summed E-state index contributed by atoms with van der Waals surface area (Å²) in [6.07, 6.45) is 3.39. The van der Waals surface area contributed by atoms with Gasteiger partial charge in [-0.25, -0.2) is 0 Å². The molecular formula is C24H25N3O3. The summed E-state index contributed by atoms with van der Waals surface area (Å²) in [4.78, 5) is 12.3. The molecule has 3 aromatic rings. The van der Waals surface area contributed by atoms with Crippen LogP contribution in [0.1, 0.15) is 33.6 Å². The molecule has 0 unspecified atom stereocenters. The Morgan fingerprint density at radius 3 is 2.60 bits per heavy atom. The molecule has 30 heavy (non-hydrogen) atoms. The molecule has 0 saturated carbocycles. The first-order valence-electron chi connectivity index (χ1n) is 9.93. The monoisotopic (exact) mass is 403 g/mol. The van der Waals surface area contributed by atoms with Gasteiger partial charge in [-0.2, -0.15) is 5.10 Å². The minimum atomic E-state index is -0.155. The van der Waals surface area contributed by atoms with E-state index in [1.165, 1.54) is 11.1 Å². The normalized spacial score (nSPS) is 12.5. The Morgan fingerprint density at radius 1 is 1.07 bits per heavy atom. The van der Waals surface area contributed by atoms with Crippen molar-refractivity contribution in [3.05, 3.63) is 82.2 Å². The highest BCUT2D eigenvalue weighted by atomic mass is 16.7. The summed E-state index contributed by atoms with van der Waals surface area (Å²) >= 11 is 0. The standard InChI is InChI=1S/C24H25N3O3/c1-16-4-6-19(7-5-16)14-27-18(3)21(17(2)26-27)9-11-24(28)25-13-20-8-10-22-23(12-20)30-15-29-22/h4-12H,13-15H2,1-3H3,(H,25,28)/b11-9+. The first-order chi connectivity index (χ1) is 14.5. The number of benzene rings is 2. The van der Waals surface area contributed by atoms with Crippen LogP contribution in [0.3, 0.4) is 0 Å². The molecule has 1 aliphatic heterocycles. The fraction of sp³-hybridized carbons (Fsp3) is 0.250. The van der Waals surface area contributed by atoms with Gasteiger partial charge in [-0.05, 0) is 50.1 Å².